The van der Waals surface area contributed by atoms with Crippen LogP contribution in [0.4, 0.5) is 13.2 Å². The highest BCUT2D eigenvalue weighted by Gasteiger charge is 2.32. The van der Waals surface area contributed by atoms with Gasteiger partial charge in [0.05, 0.1) is 0 Å². The van der Waals surface area contributed by atoms with Crippen molar-refractivity contribution in [2.45, 2.75) is 37.9 Å². The van der Waals surface area contributed by atoms with E-state index in [9.17, 15) is 13.2 Å². The Morgan fingerprint density at radius 3 is 2.65 bits per heavy atom. The molecule has 0 unspecified atom stereocenters. The van der Waals surface area contributed by atoms with Crippen LogP contribution in [0.1, 0.15) is 30.7 Å². The fraction of sp³-hybridized carbons (Fsp3) is 0.583. The van der Waals surface area contributed by atoms with Crippen molar-refractivity contribution in [3.05, 3.63) is 29.6 Å². The average molecular weight is 244 g/mol. The van der Waals surface area contributed by atoms with Crippen LogP contribution in [0.15, 0.2) is 18.2 Å². The Hall–Kier alpha value is -1.10. The van der Waals surface area contributed by atoms with Gasteiger partial charge in [-0.3, -0.25) is 0 Å². The zero-order chi connectivity index (χ0) is 12.3. The highest BCUT2D eigenvalue weighted by Crippen LogP contribution is 2.27. The topological polar surface area (TPSA) is 24.9 Å². The number of pyridine rings is 1. The molecule has 1 fully saturated rings. The van der Waals surface area contributed by atoms with Crippen molar-refractivity contribution in [3.8, 4) is 0 Å². The van der Waals surface area contributed by atoms with Crippen LogP contribution in [-0.4, -0.2) is 17.6 Å². The number of rotatable bonds is 4. The Morgan fingerprint density at radius 1 is 1.29 bits per heavy atom. The molecule has 1 heterocycles. The molecule has 0 atom stereocenters. The lowest BCUT2D eigenvalue weighted by Gasteiger charge is -2.26. The predicted octanol–water partition coefficient (Wildman–Crippen LogP) is 2.79. The van der Waals surface area contributed by atoms with Crippen LogP contribution in [0, 0.1) is 0 Å². The third-order valence-electron chi connectivity index (χ3n) is 3.02. The van der Waals surface area contributed by atoms with Gasteiger partial charge in [0.25, 0.3) is 0 Å². The van der Waals surface area contributed by atoms with E-state index in [0.717, 1.165) is 6.07 Å². The van der Waals surface area contributed by atoms with Crippen LogP contribution >= 0.6 is 0 Å². The molecule has 0 bridgehead atoms. The number of hydrogen-bond donors (Lipinski definition) is 1. The van der Waals surface area contributed by atoms with E-state index in [1.165, 1.54) is 25.3 Å². The summed E-state index contributed by atoms with van der Waals surface area (Å²) in [7, 11) is 0. The summed E-state index contributed by atoms with van der Waals surface area (Å²) in [6.07, 6.45) is -0.205. The van der Waals surface area contributed by atoms with Crippen molar-refractivity contribution >= 4 is 0 Å². The van der Waals surface area contributed by atoms with E-state index in [1.807, 2.05) is 0 Å². The molecular weight excluding hydrogens is 229 g/mol. The second-order valence-corrected chi connectivity index (χ2v) is 4.34. The Labute approximate surface area is 98.2 Å². The van der Waals surface area contributed by atoms with Crippen molar-refractivity contribution in [1.82, 2.24) is 10.3 Å². The summed E-state index contributed by atoms with van der Waals surface area (Å²) < 4.78 is 37.2. The molecule has 2 rings (SSSR count). The third kappa shape index (κ3) is 3.43. The molecule has 1 saturated carbocycles. The minimum atomic E-state index is -4.35. The Bertz CT molecular complexity index is 372. The molecule has 1 N–H and O–H groups in total. The maximum Gasteiger partial charge on any atom is 0.433 e. The highest BCUT2D eigenvalue weighted by molar-refractivity contribution is 5.13. The first-order chi connectivity index (χ1) is 8.05. The SMILES string of the molecule is FC(F)(F)c1cccc(CCNC2CCC2)n1. The van der Waals surface area contributed by atoms with Crippen LogP contribution in [-0.2, 0) is 12.6 Å². The van der Waals surface area contributed by atoms with Crippen LogP contribution in [0.5, 0.6) is 0 Å². The summed E-state index contributed by atoms with van der Waals surface area (Å²) in [5, 5.41) is 3.30. The van der Waals surface area contributed by atoms with Crippen LogP contribution in [0.2, 0.25) is 0 Å². The predicted molar refractivity (Wildman–Crippen MR) is 58.6 cm³/mol. The third-order valence-corrected chi connectivity index (χ3v) is 3.02. The number of nitrogens with zero attached hydrogens (tertiary/aromatic N) is 1. The molecule has 17 heavy (non-hydrogen) atoms. The minimum absolute atomic E-state index is 0.492. The van der Waals surface area contributed by atoms with E-state index in [0.29, 0.717) is 24.7 Å². The first-order valence-corrected chi connectivity index (χ1v) is 5.82. The number of halogens is 3. The lowest BCUT2D eigenvalue weighted by molar-refractivity contribution is -0.141. The Balaban J connectivity index is 1.87. The fourth-order valence-corrected chi connectivity index (χ4v) is 1.79. The number of hydrogen-bond acceptors (Lipinski definition) is 2. The van der Waals surface area contributed by atoms with Crippen molar-refractivity contribution in [3.63, 3.8) is 0 Å². The molecule has 1 aromatic rings. The highest BCUT2D eigenvalue weighted by atomic mass is 19.4. The molecule has 1 aliphatic carbocycles. The van der Waals surface area contributed by atoms with Gasteiger partial charge in [0.1, 0.15) is 5.69 Å². The lowest BCUT2D eigenvalue weighted by Crippen LogP contribution is -2.36. The van der Waals surface area contributed by atoms with Crippen LogP contribution in [0.3, 0.4) is 0 Å². The minimum Gasteiger partial charge on any atom is -0.314 e. The maximum absolute atomic E-state index is 12.4. The second kappa shape index (κ2) is 5.04. The van der Waals surface area contributed by atoms with Gasteiger partial charge in [-0.15, -0.1) is 0 Å². The molecule has 0 aliphatic heterocycles. The summed E-state index contributed by atoms with van der Waals surface area (Å²) in [4.78, 5) is 3.62. The smallest absolute Gasteiger partial charge is 0.314 e. The van der Waals surface area contributed by atoms with Gasteiger partial charge in [-0.2, -0.15) is 13.2 Å². The van der Waals surface area contributed by atoms with E-state index in [1.54, 1.807) is 6.07 Å². The van der Waals surface area contributed by atoms with Crippen molar-refractivity contribution < 1.29 is 13.2 Å². The first kappa shape index (κ1) is 12.4. The van der Waals surface area contributed by atoms with Gasteiger partial charge in [0.15, 0.2) is 0 Å². The molecule has 0 radical (unpaired) electrons. The summed E-state index contributed by atoms with van der Waals surface area (Å²) in [5.74, 6) is 0. The van der Waals surface area contributed by atoms with Crippen molar-refractivity contribution in [2.24, 2.45) is 0 Å². The molecule has 0 saturated heterocycles. The van der Waals surface area contributed by atoms with E-state index < -0.39 is 11.9 Å². The summed E-state index contributed by atoms with van der Waals surface area (Å²) in [6.45, 7) is 0.693. The van der Waals surface area contributed by atoms with Gasteiger partial charge < -0.3 is 5.32 Å². The molecule has 1 aromatic heterocycles. The molecule has 0 amide bonds. The quantitative estimate of drug-likeness (QED) is 0.881. The molecule has 5 heteroatoms. The molecular formula is C12H15F3N2. The number of aromatic nitrogens is 1. The fourth-order valence-electron chi connectivity index (χ4n) is 1.79. The maximum atomic E-state index is 12.4. The van der Waals surface area contributed by atoms with E-state index in [4.69, 9.17) is 0 Å². The van der Waals surface area contributed by atoms with Crippen LogP contribution < -0.4 is 5.32 Å². The van der Waals surface area contributed by atoms with E-state index >= 15 is 0 Å². The second-order valence-electron chi connectivity index (χ2n) is 4.34. The van der Waals surface area contributed by atoms with Gasteiger partial charge in [0.2, 0.25) is 0 Å². The Morgan fingerprint density at radius 2 is 2.06 bits per heavy atom. The molecule has 0 spiro atoms. The molecule has 94 valence electrons. The monoisotopic (exact) mass is 244 g/mol. The van der Waals surface area contributed by atoms with Gasteiger partial charge >= 0.3 is 6.18 Å². The number of nitrogens with one attached hydrogen (secondary N) is 1. The Kier molecular flexibility index (Phi) is 3.66. The van der Waals surface area contributed by atoms with Crippen molar-refractivity contribution in [2.75, 3.05) is 6.54 Å². The number of alkyl halides is 3. The normalized spacial score (nSPS) is 16.9. The molecule has 1 aliphatic rings. The summed E-state index contributed by atoms with van der Waals surface area (Å²) >= 11 is 0. The largest absolute Gasteiger partial charge is 0.433 e. The standard InChI is InChI=1S/C12H15F3N2/c13-12(14,15)11-6-2-5-10(17-11)7-8-16-9-3-1-4-9/h2,5-6,9,16H,1,3-4,7-8H2. The zero-order valence-electron chi connectivity index (χ0n) is 9.43. The van der Waals surface area contributed by atoms with Crippen LogP contribution in [0.25, 0.3) is 0 Å². The van der Waals surface area contributed by atoms with Crippen molar-refractivity contribution in [1.29, 1.82) is 0 Å². The summed E-state index contributed by atoms with van der Waals surface area (Å²) in [5.41, 5.74) is -0.315. The van der Waals surface area contributed by atoms with Gasteiger partial charge in [0, 0.05) is 24.7 Å². The van der Waals surface area contributed by atoms with Gasteiger partial charge in [-0.1, -0.05) is 12.5 Å². The lowest BCUT2D eigenvalue weighted by atomic mass is 9.93. The van der Waals surface area contributed by atoms with Gasteiger partial charge in [-0.05, 0) is 25.0 Å². The first-order valence-electron chi connectivity index (χ1n) is 5.82. The summed E-state index contributed by atoms with van der Waals surface area (Å²) in [6, 6.07) is 4.61. The average Bonchev–Trinajstić information content (AvgIpc) is 2.21. The van der Waals surface area contributed by atoms with E-state index in [2.05, 4.69) is 10.3 Å². The molecule has 0 aromatic carbocycles. The van der Waals surface area contributed by atoms with Gasteiger partial charge in [-0.25, -0.2) is 4.98 Å². The molecule has 2 nitrogen and oxygen atoms in total. The zero-order valence-corrected chi connectivity index (χ0v) is 9.43. The van der Waals surface area contributed by atoms with E-state index in [-0.39, 0.29) is 0 Å².